The number of hydrogen-bond donors (Lipinski definition) is 1. The SMILES string of the molecule is N#CC(N=O)C1=NCCCN1. The van der Waals surface area contributed by atoms with Crippen LogP contribution < -0.4 is 5.32 Å². The Bertz CT molecular complexity index is 217. The monoisotopic (exact) mass is 152 g/mol. The molecule has 0 fully saturated rings. The zero-order valence-electron chi connectivity index (χ0n) is 5.95. The lowest BCUT2D eigenvalue weighted by Crippen LogP contribution is -2.36. The second-order valence-electron chi connectivity index (χ2n) is 2.18. The molecule has 0 aromatic heterocycles. The molecule has 0 saturated carbocycles. The van der Waals surface area contributed by atoms with Crippen molar-refractivity contribution in [2.75, 3.05) is 13.1 Å². The largest absolute Gasteiger partial charge is 0.371 e. The van der Waals surface area contributed by atoms with Gasteiger partial charge in [-0.2, -0.15) is 5.26 Å². The summed E-state index contributed by atoms with van der Waals surface area (Å²) in [6.45, 7) is 1.45. The fourth-order valence-corrected chi connectivity index (χ4v) is 0.869. The third-order valence-electron chi connectivity index (χ3n) is 1.41. The highest BCUT2D eigenvalue weighted by Crippen LogP contribution is 1.96. The molecule has 0 saturated heterocycles. The summed E-state index contributed by atoms with van der Waals surface area (Å²) in [7, 11) is 0. The summed E-state index contributed by atoms with van der Waals surface area (Å²) in [5.41, 5.74) is 0. The number of nitrogens with zero attached hydrogens (tertiary/aromatic N) is 3. The van der Waals surface area contributed by atoms with Crippen LogP contribution in [0.25, 0.3) is 0 Å². The highest BCUT2D eigenvalue weighted by atomic mass is 16.3. The predicted molar refractivity (Wildman–Crippen MR) is 40.1 cm³/mol. The summed E-state index contributed by atoms with van der Waals surface area (Å²) < 4.78 is 0. The first-order valence-corrected chi connectivity index (χ1v) is 3.39. The Morgan fingerprint density at radius 1 is 1.82 bits per heavy atom. The number of nitrogens with one attached hydrogen (secondary N) is 1. The van der Waals surface area contributed by atoms with E-state index >= 15 is 0 Å². The van der Waals surface area contributed by atoms with E-state index in [-0.39, 0.29) is 0 Å². The number of amidine groups is 1. The molecule has 1 unspecified atom stereocenters. The third kappa shape index (κ3) is 1.74. The zero-order valence-corrected chi connectivity index (χ0v) is 5.95. The molecule has 0 amide bonds. The Kier molecular flexibility index (Phi) is 2.55. The molecule has 5 heteroatoms. The minimum Gasteiger partial charge on any atom is -0.371 e. The van der Waals surface area contributed by atoms with Crippen LogP contribution in [0.15, 0.2) is 10.2 Å². The first-order valence-electron chi connectivity index (χ1n) is 3.39. The number of rotatable bonds is 2. The molecular weight excluding hydrogens is 144 g/mol. The standard InChI is InChI=1S/C6H8N4O/c7-4-5(10-11)6-8-2-1-3-9-6/h5H,1-3H2,(H,8,9). The molecule has 0 aliphatic carbocycles. The third-order valence-corrected chi connectivity index (χ3v) is 1.41. The van der Waals surface area contributed by atoms with Gasteiger partial charge in [-0.1, -0.05) is 0 Å². The summed E-state index contributed by atoms with van der Waals surface area (Å²) in [6, 6.07) is 0.800. The van der Waals surface area contributed by atoms with E-state index in [0.717, 1.165) is 13.0 Å². The minimum atomic E-state index is -0.949. The molecule has 1 heterocycles. The Morgan fingerprint density at radius 2 is 2.64 bits per heavy atom. The average molecular weight is 152 g/mol. The van der Waals surface area contributed by atoms with Gasteiger partial charge < -0.3 is 5.32 Å². The normalized spacial score (nSPS) is 19.0. The number of aliphatic imine (C=N–C) groups is 1. The van der Waals surface area contributed by atoms with Crippen LogP contribution >= 0.6 is 0 Å². The summed E-state index contributed by atoms with van der Waals surface area (Å²) >= 11 is 0. The van der Waals surface area contributed by atoms with Crippen LogP contribution in [-0.4, -0.2) is 25.0 Å². The summed E-state index contributed by atoms with van der Waals surface area (Å²) in [5, 5.41) is 13.9. The molecule has 0 aromatic rings. The van der Waals surface area contributed by atoms with Crippen LogP contribution in [0, 0.1) is 16.2 Å². The van der Waals surface area contributed by atoms with Crippen LogP contribution in [0.1, 0.15) is 6.42 Å². The molecule has 1 aliphatic rings. The van der Waals surface area contributed by atoms with Gasteiger partial charge in [-0.15, -0.1) is 4.91 Å². The fraction of sp³-hybridized carbons (Fsp3) is 0.667. The summed E-state index contributed by atoms with van der Waals surface area (Å²) in [6.07, 6.45) is 0.945. The molecule has 0 spiro atoms. The van der Waals surface area contributed by atoms with Crippen molar-refractivity contribution in [3.8, 4) is 6.07 Å². The van der Waals surface area contributed by atoms with Crippen LogP contribution in [0.2, 0.25) is 0 Å². The molecule has 11 heavy (non-hydrogen) atoms. The van der Waals surface area contributed by atoms with Gasteiger partial charge >= 0.3 is 0 Å². The molecule has 58 valence electrons. The second-order valence-corrected chi connectivity index (χ2v) is 2.18. The Hall–Kier alpha value is -1.44. The molecule has 0 radical (unpaired) electrons. The lowest BCUT2D eigenvalue weighted by Gasteiger charge is -2.13. The van der Waals surface area contributed by atoms with Crippen molar-refractivity contribution >= 4 is 5.84 Å². The van der Waals surface area contributed by atoms with Crippen LogP contribution in [0.3, 0.4) is 0 Å². The summed E-state index contributed by atoms with van der Waals surface area (Å²) in [5.74, 6) is 0.411. The van der Waals surface area contributed by atoms with Crippen molar-refractivity contribution in [1.82, 2.24) is 5.32 Å². The van der Waals surface area contributed by atoms with Gasteiger partial charge in [-0.25, -0.2) is 0 Å². The predicted octanol–water partition coefficient (Wildman–Crippen LogP) is 0.0368. The first-order chi connectivity index (χ1) is 5.38. The van der Waals surface area contributed by atoms with Gasteiger partial charge in [0.05, 0.1) is 0 Å². The average Bonchev–Trinajstić information content (AvgIpc) is 2.09. The molecule has 1 aliphatic heterocycles. The Balaban J connectivity index is 2.64. The molecular formula is C6H8N4O. The molecule has 1 N–H and O–H groups in total. The fourth-order valence-electron chi connectivity index (χ4n) is 0.869. The van der Waals surface area contributed by atoms with Crippen molar-refractivity contribution in [1.29, 1.82) is 5.26 Å². The maximum Gasteiger partial charge on any atom is 0.234 e. The molecule has 1 atom stereocenters. The maximum atomic E-state index is 10.0. The summed E-state index contributed by atoms with van der Waals surface area (Å²) in [4.78, 5) is 14.0. The number of nitriles is 1. The molecule has 1 rings (SSSR count). The minimum absolute atomic E-state index is 0.411. The van der Waals surface area contributed by atoms with E-state index in [9.17, 15) is 4.91 Å². The van der Waals surface area contributed by atoms with Gasteiger partial charge in [0.15, 0.2) is 0 Å². The number of nitroso groups, excluding NO2 is 1. The van der Waals surface area contributed by atoms with Gasteiger partial charge in [-0.05, 0) is 11.6 Å². The van der Waals surface area contributed by atoms with Gasteiger partial charge in [-0.3, -0.25) is 4.99 Å². The van der Waals surface area contributed by atoms with E-state index in [1.165, 1.54) is 0 Å². The first kappa shape index (κ1) is 7.66. The van der Waals surface area contributed by atoms with E-state index in [1.807, 2.05) is 0 Å². The van der Waals surface area contributed by atoms with Crippen LogP contribution in [-0.2, 0) is 0 Å². The Morgan fingerprint density at radius 3 is 3.09 bits per heavy atom. The molecule has 5 nitrogen and oxygen atoms in total. The van der Waals surface area contributed by atoms with Crippen molar-refractivity contribution in [3.05, 3.63) is 4.91 Å². The smallest absolute Gasteiger partial charge is 0.234 e. The van der Waals surface area contributed by atoms with Crippen LogP contribution in [0.4, 0.5) is 0 Å². The topological polar surface area (TPSA) is 77.6 Å². The van der Waals surface area contributed by atoms with E-state index in [0.29, 0.717) is 12.4 Å². The number of hydrogen-bond acceptors (Lipinski definition) is 5. The van der Waals surface area contributed by atoms with Gasteiger partial charge in [0.2, 0.25) is 6.04 Å². The van der Waals surface area contributed by atoms with Gasteiger partial charge in [0.1, 0.15) is 11.9 Å². The zero-order chi connectivity index (χ0) is 8.10. The van der Waals surface area contributed by atoms with Crippen molar-refractivity contribution < 1.29 is 0 Å². The molecule has 0 bridgehead atoms. The highest BCUT2D eigenvalue weighted by Gasteiger charge is 2.16. The lowest BCUT2D eigenvalue weighted by atomic mass is 10.2. The van der Waals surface area contributed by atoms with Gasteiger partial charge in [0.25, 0.3) is 0 Å². The van der Waals surface area contributed by atoms with E-state index in [1.54, 1.807) is 6.07 Å². The van der Waals surface area contributed by atoms with Crippen molar-refractivity contribution in [2.24, 2.45) is 10.2 Å². The van der Waals surface area contributed by atoms with Crippen LogP contribution in [0.5, 0.6) is 0 Å². The quantitative estimate of drug-likeness (QED) is 0.567. The second kappa shape index (κ2) is 3.66. The van der Waals surface area contributed by atoms with E-state index in [4.69, 9.17) is 5.26 Å². The Labute approximate surface area is 64.1 Å². The lowest BCUT2D eigenvalue weighted by molar-refractivity contribution is 0.721. The van der Waals surface area contributed by atoms with Gasteiger partial charge in [0, 0.05) is 13.1 Å². The van der Waals surface area contributed by atoms with E-state index in [2.05, 4.69) is 15.5 Å². The molecule has 0 aromatic carbocycles. The van der Waals surface area contributed by atoms with Crippen molar-refractivity contribution in [2.45, 2.75) is 12.5 Å². The van der Waals surface area contributed by atoms with E-state index < -0.39 is 6.04 Å². The highest BCUT2D eigenvalue weighted by molar-refractivity contribution is 5.90. The maximum absolute atomic E-state index is 10.0. The van der Waals surface area contributed by atoms with Crippen molar-refractivity contribution in [3.63, 3.8) is 0 Å².